The molecule has 0 bridgehead atoms. The Morgan fingerprint density at radius 2 is 1.28 bits per heavy atom. The van der Waals surface area contributed by atoms with Gasteiger partial charge < -0.3 is 24.1 Å². The van der Waals surface area contributed by atoms with Crippen LogP contribution in [0.5, 0.6) is 11.5 Å². The first-order valence-electron chi connectivity index (χ1n) is 10.5. The van der Waals surface area contributed by atoms with Crippen molar-refractivity contribution in [1.82, 2.24) is 0 Å². The molecule has 3 aromatic carbocycles. The largest absolute Gasteiger partial charge is 0.497 e. The van der Waals surface area contributed by atoms with Crippen LogP contribution in [0.4, 0.5) is 0 Å². The lowest BCUT2D eigenvalue weighted by molar-refractivity contribution is -0.0612. The monoisotopic (exact) mass is 434 g/mol. The zero-order valence-corrected chi connectivity index (χ0v) is 18.6. The lowest BCUT2D eigenvalue weighted by Gasteiger charge is -2.36. The van der Waals surface area contributed by atoms with Crippen molar-refractivity contribution in [3.05, 3.63) is 108 Å². The highest BCUT2D eigenvalue weighted by Gasteiger charge is 2.38. The van der Waals surface area contributed by atoms with Crippen molar-refractivity contribution in [2.24, 2.45) is 0 Å². The highest BCUT2D eigenvalue weighted by atomic mass is 16.5. The lowest BCUT2D eigenvalue weighted by atomic mass is 9.80. The molecule has 0 amide bonds. The number of aliphatic hydroxyl groups is 1. The fraction of sp³-hybridized carbons (Fsp3) is 0.259. The minimum absolute atomic E-state index is 0.0735. The van der Waals surface area contributed by atoms with Gasteiger partial charge in [0.25, 0.3) is 0 Å². The molecule has 5 heteroatoms. The van der Waals surface area contributed by atoms with Gasteiger partial charge in [-0.15, -0.1) is 6.58 Å². The first kappa shape index (κ1) is 23.5. The first-order valence-corrected chi connectivity index (χ1v) is 10.5. The van der Waals surface area contributed by atoms with Crippen molar-refractivity contribution in [1.29, 1.82) is 0 Å². The predicted octanol–water partition coefficient (Wildman–Crippen LogP) is 4.58. The van der Waals surface area contributed by atoms with Crippen molar-refractivity contribution in [2.75, 3.05) is 34.0 Å². The highest BCUT2D eigenvalue weighted by Crippen LogP contribution is 2.41. The van der Waals surface area contributed by atoms with Crippen LogP contribution in [0.3, 0.4) is 0 Å². The van der Waals surface area contributed by atoms with E-state index in [0.717, 1.165) is 28.2 Å². The van der Waals surface area contributed by atoms with Crippen LogP contribution in [0.25, 0.3) is 0 Å². The number of aliphatic hydroxyl groups excluding tert-OH is 1. The van der Waals surface area contributed by atoms with Gasteiger partial charge in [-0.25, -0.2) is 0 Å². The molecule has 0 aliphatic heterocycles. The molecule has 1 atom stereocenters. The molecule has 0 fully saturated rings. The van der Waals surface area contributed by atoms with E-state index in [1.807, 2.05) is 78.9 Å². The normalized spacial score (nSPS) is 12.2. The fourth-order valence-electron chi connectivity index (χ4n) is 3.63. The van der Waals surface area contributed by atoms with Crippen LogP contribution in [0.2, 0.25) is 0 Å². The van der Waals surface area contributed by atoms with Crippen molar-refractivity contribution < 1.29 is 24.1 Å². The highest BCUT2D eigenvalue weighted by molar-refractivity contribution is 5.49. The van der Waals surface area contributed by atoms with E-state index in [9.17, 15) is 5.11 Å². The molecule has 0 unspecified atom stereocenters. The van der Waals surface area contributed by atoms with Crippen molar-refractivity contribution in [3.8, 4) is 11.5 Å². The van der Waals surface area contributed by atoms with Crippen LogP contribution in [-0.4, -0.2) is 45.3 Å². The Labute approximate surface area is 189 Å². The smallest absolute Gasteiger partial charge is 0.143 e. The van der Waals surface area contributed by atoms with Crippen LogP contribution in [-0.2, 0) is 15.1 Å². The summed E-state index contributed by atoms with van der Waals surface area (Å²) in [5, 5.41) is 10.5. The summed E-state index contributed by atoms with van der Waals surface area (Å²) in [7, 11) is 3.28. The van der Waals surface area contributed by atoms with Crippen molar-refractivity contribution >= 4 is 0 Å². The minimum Gasteiger partial charge on any atom is -0.497 e. The second-order valence-electron chi connectivity index (χ2n) is 7.30. The zero-order chi connectivity index (χ0) is 22.8. The summed E-state index contributed by atoms with van der Waals surface area (Å²) in [5.41, 5.74) is 1.80. The van der Waals surface area contributed by atoms with E-state index in [0.29, 0.717) is 6.61 Å². The molecule has 0 aliphatic carbocycles. The van der Waals surface area contributed by atoms with Crippen LogP contribution in [0.1, 0.15) is 16.7 Å². The molecule has 5 nitrogen and oxygen atoms in total. The molecule has 3 rings (SSSR count). The molecule has 32 heavy (non-hydrogen) atoms. The summed E-state index contributed by atoms with van der Waals surface area (Å²) in [6.07, 6.45) is 0.853. The van der Waals surface area contributed by atoms with Gasteiger partial charge >= 0.3 is 0 Å². The van der Waals surface area contributed by atoms with Gasteiger partial charge in [-0.3, -0.25) is 0 Å². The summed E-state index contributed by atoms with van der Waals surface area (Å²) >= 11 is 0. The third kappa shape index (κ3) is 5.37. The van der Waals surface area contributed by atoms with Gasteiger partial charge in [-0.2, -0.15) is 0 Å². The Hall–Kier alpha value is -3.12. The summed E-state index contributed by atoms with van der Waals surface area (Å²) in [6, 6.07) is 25.5. The number of benzene rings is 3. The Balaban J connectivity index is 2.09. The van der Waals surface area contributed by atoms with E-state index >= 15 is 0 Å². The van der Waals surface area contributed by atoms with E-state index in [1.54, 1.807) is 20.3 Å². The standard InChI is InChI=1S/C27H30O5/c1-4-18-31-19-24(28)20-32-27(21-8-6-5-7-9-21,22-10-14-25(29-2)15-11-22)23-12-16-26(30-3)17-13-23/h4-17,24,28H,1,18-20H2,2-3H3/t24-/m1/s1. The second-order valence-corrected chi connectivity index (χ2v) is 7.30. The van der Waals surface area contributed by atoms with Crippen LogP contribution in [0.15, 0.2) is 91.5 Å². The van der Waals surface area contributed by atoms with E-state index in [2.05, 4.69) is 6.58 Å². The van der Waals surface area contributed by atoms with Gasteiger partial charge in [-0.05, 0) is 41.0 Å². The summed E-state index contributed by atoms with van der Waals surface area (Å²) < 4.78 is 22.7. The maximum atomic E-state index is 10.5. The Morgan fingerprint density at radius 1 is 0.781 bits per heavy atom. The summed E-state index contributed by atoms with van der Waals surface area (Å²) in [5.74, 6) is 1.51. The van der Waals surface area contributed by atoms with Gasteiger partial charge in [0.1, 0.15) is 23.2 Å². The maximum Gasteiger partial charge on any atom is 0.143 e. The van der Waals surface area contributed by atoms with Crippen LogP contribution >= 0.6 is 0 Å². The number of hydrogen-bond acceptors (Lipinski definition) is 5. The van der Waals surface area contributed by atoms with Crippen LogP contribution in [0, 0.1) is 0 Å². The molecular formula is C27H30O5. The zero-order valence-electron chi connectivity index (χ0n) is 18.6. The molecule has 0 radical (unpaired) electrons. The molecule has 0 saturated heterocycles. The minimum atomic E-state index is -0.959. The Morgan fingerprint density at radius 3 is 1.75 bits per heavy atom. The molecule has 0 spiro atoms. The SMILES string of the molecule is C=CCOC[C@@H](O)COC(c1ccccc1)(c1ccc(OC)cc1)c1ccc(OC)cc1. The van der Waals surface area contributed by atoms with Gasteiger partial charge in [0.15, 0.2) is 0 Å². The first-order chi connectivity index (χ1) is 15.6. The Bertz CT molecular complexity index is 904. The predicted molar refractivity (Wildman–Crippen MR) is 125 cm³/mol. The average Bonchev–Trinajstić information content (AvgIpc) is 2.86. The van der Waals surface area contributed by atoms with Gasteiger partial charge in [0.2, 0.25) is 0 Å². The topological polar surface area (TPSA) is 57.2 Å². The number of hydrogen-bond donors (Lipinski definition) is 1. The average molecular weight is 435 g/mol. The quantitative estimate of drug-likeness (QED) is 0.257. The van der Waals surface area contributed by atoms with Crippen molar-refractivity contribution in [3.63, 3.8) is 0 Å². The van der Waals surface area contributed by atoms with E-state index in [1.165, 1.54) is 0 Å². The van der Waals surface area contributed by atoms with Gasteiger partial charge in [0, 0.05) is 0 Å². The molecule has 0 saturated carbocycles. The molecule has 3 aromatic rings. The van der Waals surface area contributed by atoms with E-state index < -0.39 is 11.7 Å². The molecule has 0 heterocycles. The van der Waals surface area contributed by atoms with E-state index in [4.69, 9.17) is 18.9 Å². The lowest BCUT2D eigenvalue weighted by Crippen LogP contribution is -2.36. The molecule has 0 aliphatic rings. The third-order valence-corrected chi connectivity index (χ3v) is 5.21. The van der Waals surface area contributed by atoms with Gasteiger partial charge in [-0.1, -0.05) is 60.7 Å². The summed E-state index contributed by atoms with van der Waals surface area (Å²) in [4.78, 5) is 0. The van der Waals surface area contributed by atoms with Crippen LogP contribution < -0.4 is 9.47 Å². The number of rotatable bonds is 12. The number of methoxy groups -OCH3 is 2. The third-order valence-electron chi connectivity index (χ3n) is 5.21. The Kier molecular flexibility index (Phi) is 8.45. The van der Waals surface area contributed by atoms with E-state index in [-0.39, 0.29) is 13.2 Å². The maximum absolute atomic E-state index is 10.5. The van der Waals surface area contributed by atoms with Gasteiger partial charge in [0.05, 0.1) is 34.0 Å². The number of ether oxygens (including phenoxy) is 4. The summed E-state index contributed by atoms with van der Waals surface area (Å²) in [6.45, 7) is 4.23. The molecule has 168 valence electrons. The fourth-order valence-corrected chi connectivity index (χ4v) is 3.63. The second kappa shape index (κ2) is 11.5. The molecule has 0 aromatic heterocycles. The molecule has 1 N–H and O–H groups in total. The van der Waals surface area contributed by atoms with Crippen molar-refractivity contribution in [2.45, 2.75) is 11.7 Å². The molecular weight excluding hydrogens is 404 g/mol.